The smallest absolute Gasteiger partial charge is 0.488 e. The Kier molecular flexibility index (Phi) is 14.2. The molecule has 2 aliphatic rings. The molecule has 8 atom stereocenters. The number of aromatic nitrogens is 4. The van der Waals surface area contributed by atoms with Crippen LogP contribution in [0.25, 0.3) is 11.2 Å². The molecule has 0 radical (unpaired) electrons. The molecule has 0 saturated carbocycles. The number of aliphatic hydroxyl groups is 3. The van der Waals surface area contributed by atoms with E-state index in [-0.39, 0.29) is 66.0 Å². The van der Waals surface area contributed by atoms with Crippen molar-refractivity contribution in [3.63, 3.8) is 0 Å². The van der Waals surface area contributed by atoms with Crippen LogP contribution in [0.3, 0.4) is 0 Å². The molecule has 0 aliphatic carbocycles. The third-order valence-electron chi connectivity index (χ3n) is 8.37. The second-order valence-corrected chi connectivity index (χ2v) is 16.6. The number of thioether (sulfide) groups is 1. The number of aliphatic hydroxyl groups excluding tert-OH is 3. The quantitative estimate of drug-likeness (QED) is 0.0517. The van der Waals surface area contributed by atoms with Crippen molar-refractivity contribution in [2.75, 3.05) is 50.0 Å². The first-order chi connectivity index (χ1) is 23.6. The van der Waals surface area contributed by atoms with Crippen LogP contribution in [0.5, 0.6) is 0 Å². The molecule has 2 aliphatic heterocycles. The van der Waals surface area contributed by atoms with Crippen LogP contribution in [0, 0.1) is 5.41 Å². The summed E-state index contributed by atoms with van der Waals surface area (Å²) < 4.78 is 51.3. The first-order valence-electron chi connectivity index (χ1n) is 15.9. The SMILES string of the molecule is CC(C)(CO[P+](=O)[O-])[C@@H](O)C(=O)NCCC(=O)NCCS[C@H](CS(=O)(=O)NC[C@H]1O[C@@H](n2cnc3c(N)ncnc32)[C@H](O)[C@@H]1O)[C@@H]1CCCN1. The molecule has 2 amide bonds. The van der Waals surface area contributed by atoms with E-state index in [2.05, 4.69) is 40.1 Å². The molecule has 0 bridgehead atoms. The third kappa shape index (κ3) is 10.7. The fraction of sp³-hybridized carbons (Fsp3) is 0.741. The number of anilines is 1. The van der Waals surface area contributed by atoms with Gasteiger partial charge in [0.15, 0.2) is 17.7 Å². The number of hydrogen-bond donors (Lipinski definition) is 8. The predicted molar refractivity (Wildman–Crippen MR) is 179 cm³/mol. The van der Waals surface area contributed by atoms with Gasteiger partial charge in [0.2, 0.25) is 21.8 Å². The van der Waals surface area contributed by atoms with Gasteiger partial charge >= 0.3 is 8.25 Å². The van der Waals surface area contributed by atoms with Crippen LogP contribution in [0.15, 0.2) is 12.7 Å². The van der Waals surface area contributed by atoms with Crippen molar-refractivity contribution in [3.05, 3.63) is 12.7 Å². The summed E-state index contributed by atoms with van der Waals surface area (Å²) >= 11 is 1.38. The molecule has 2 aromatic heterocycles. The number of ether oxygens (including phenoxy) is 1. The Balaban J connectivity index is 1.21. The monoisotopic (exact) mass is 765 g/mol. The molecule has 4 heterocycles. The lowest BCUT2D eigenvalue weighted by atomic mass is 9.87. The van der Waals surface area contributed by atoms with Gasteiger partial charge in [0, 0.05) is 48.5 Å². The van der Waals surface area contributed by atoms with Gasteiger partial charge in [0.05, 0.1) is 12.1 Å². The normalized spacial score (nSPS) is 24.3. The maximum Gasteiger partial charge on any atom is 0.488 e. The molecule has 0 spiro atoms. The predicted octanol–water partition coefficient (Wildman–Crippen LogP) is -3.16. The summed E-state index contributed by atoms with van der Waals surface area (Å²) in [6, 6.07) is -0.0821. The van der Waals surface area contributed by atoms with Gasteiger partial charge in [0.25, 0.3) is 0 Å². The van der Waals surface area contributed by atoms with E-state index in [4.69, 9.17) is 10.5 Å². The van der Waals surface area contributed by atoms with Crippen LogP contribution < -0.4 is 31.3 Å². The number of imidazole rings is 1. The zero-order valence-electron chi connectivity index (χ0n) is 27.5. The highest BCUT2D eigenvalue weighted by Crippen LogP contribution is 2.32. The van der Waals surface area contributed by atoms with Gasteiger partial charge in [-0.25, -0.2) is 28.1 Å². The molecule has 50 heavy (non-hydrogen) atoms. The highest BCUT2D eigenvalue weighted by Gasteiger charge is 2.45. The van der Waals surface area contributed by atoms with Crippen LogP contribution >= 0.6 is 20.0 Å². The molecule has 0 aromatic carbocycles. The van der Waals surface area contributed by atoms with Gasteiger partial charge in [-0.15, -0.1) is 4.52 Å². The van der Waals surface area contributed by atoms with E-state index < -0.39 is 66.9 Å². The number of amides is 2. The standard InChI is InChI=1S/C27H44N9O11PS2/c1-27(2,12-46-48(42)43)22(40)25(41)31-7-5-18(37)30-8-9-49-17(15-4-3-6-29-15)11-50(44,45)35-10-16-20(38)21(39)26(47-16)36-14-34-19-23(28)32-13-33-24(19)36/h13-17,20-22,26,29,35,38-40H,3-12H2,1-2H3,(H,30,37)(H,31,41)(H2,28,32,33)/t15-,16+,17+,20+,21+,22-,26+/m0/s1. The van der Waals surface area contributed by atoms with E-state index in [1.807, 2.05) is 0 Å². The largest absolute Gasteiger partial charge is 0.566 e. The summed E-state index contributed by atoms with van der Waals surface area (Å²) in [5.74, 6) is -0.865. The zero-order chi connectivity index (χ0) is 36.6. The highest BCUT2D eigenvalue weighted by atomic mass is 32.2. The molecule has 2 fully saturated rings. The van der Waals surface area contributed by atoms with E-state index in [0.717, 1.165) is 19.4 Å². The van der Waals surface area contributed by atoms with Crippen LogP contribution in [0.4, 0.5) is 5.82 Å². The van der Waals surface area contributed by atoms with E-state index in [1.165, 1.54) is 42.8 Å². The Labute approximate surface area is 293 Å². The van der Waals surface area contributed by atoms with Gasteiger partial charge in [-0.3, -0.25) is 14.2 Å². The average molecular weight is 766 g/mol. The fourth-order valence-electron chi connectivity index (χ4n) is 5.52. The molecule has 2 aromatic rings. The molecule has 9 N–H and O–H groups in total. The van der Waals surface area contributed by atoms with Crippen molar-refractivity contribution in [2.45, 2.75) is 75.0 Å². The summed E-state index contributed by atoms with van der Waals surface area (Å²) in [7, 11) is -7.01. The van der Waals surface area contributed by atoms with Gasteiger partial charge in [-0.2, -0.15) is 11.8 Å². The Hall–Kier alpha value is -2.63. The topological polar surface area (TPSA) is 305 Å². The fourth-order valence-corrected chi connectivity index (χ4v) is 9.06. The van der Waals surface area contributed by atoms with Crippen molar-refractivity contribution in [1.29, 1.82) is 0 Å². The molecule has 280 valence electrons. The van der Waals surface area contributed by atoms with Crippen molar-refractivity contribution in [1.82, 2.24) is 40.2 Å². The van der Waals surface area contributed by atoms with Crippen molar-refractivity contribution in [2.24, 2.45) is 5.41 Å². The summed E-state index contributed by atoms with van der Waals surface area (Å²) in [5, 5.41) is 39.7. The third-order valence-corrected chi connectivity index (χ3v) is 11.7. The minimum absolute atomic E-state index is 0.0702. The second-order valence-electron chi connectivity index (χ2n) is 12.7. The van der Waals surface area contributed by atoms with Gasteiger partial charge in [0.1, 0.15) is 42.9 Å². The second kappa shape index (κ2) is 17.7. The lowest BCUT2D eigenvalue weighted by Gasteiger charge is -2.27. The maximum atomic E-state index is 13.2. The van der Waals surface area contributed by atoms with Crippen LogP contribution in [-0.2, 0) is 33.4 Å². The number of nitrogens with two attached hydrogens (primary N) is 1. The van der Waals surface area contributed by atoms with Crippen LogP contribution in [0.1, 0.15) is 39.3 Å². The number of nitrogens with one attached hydrogen (secondary N) is 4. The number of sulfonamides is 1. The molecule has 20 nitrogen and oxygen atoms in total. The minimum atomic E-state index is -3.88. The molecular formula is C27H44N9O11PS2. The van der Waals surface area contributed by atoms with Gasteiger partial charge < -0.3 is 46.6 Å². The van der Waals surface area contributed by atoms with E-state index >= 15 is 0 Å². The number of carbonyl (C=O) groups excluding carboxylic acids is 2. The molecular weight excluding hydrogens is 721 g/mol. The van der Waals surface area contributed by atoms with Crippen molar-refractivity contribution < 1.29 is 52.0 Å². The molecule has 4 rings (SSSR count). The van der Waals surface area contributed by atoms with Crippen molar-refractivity contribution >= 4 is 58.8 Å². The van der Waals surface area contributed by atoms with Gasteiger partial charge in [-0.05, 0) is 24.0 Å². The number of fused-ring (bicyclic) bond motifs is 1. The average Bonchev–Trinajstić information content (AvgIpc) is 3.81. The van der Waals surface area contributed by atoms with E-state index in [9.17, 15) is 42.8 Å². The zero-order valence-corrected chi connectivity index (χ0v) is 30.0. The summed E-state index contributed by atoms with van der Waals surface area (Å²) in [6.07, 6.45) is -2.40. The van der Waals surface area contributed by atoms with E-state index in [1.54, 1.807) is 0 Å². The lowest BCUT2D eigenvalue weighted by Crippen LogP contribution is -2.46. The Morgan fingerprint density at radius 1 is 1.26 bits per heavy atom. The molecule has 1 unspecified atom stereocenters. The van der Waals surface area contributed by atoms with Crippen LogP contribution in [-0.4, -0.2) is 135 Å². The summed E-state index contributed by atoms with van der Waals surface area (Å²) in [6.45, 7) is 3.14. The van der Waals surface area contributed by atoms with Crippen LogP contribution in [0.2, 0.25) is 0 Å². The Morgan fingerprint density at radius 2 is 2.02 bits per heavy atom. The van der Waals surface area contributed by atoms with Crippen molar-refractivity contribution in [3.8, 4) is 0 Å². The number of hydrogen-bond acceptors (Lipinski definition) is 17. The Bertz CT molecular complexity index is 1600. The van der Waals surface area contributed by atoms with Gasteiger partial charge in [-0.1, -0.05) is 13.8 Å². The lowest BCUT2D eigenvalue weighted by molar-refractivity contribution is -0.189. The Morgan fingerprint density at radius 3 is 2.72 bits per heavy atom. The molecule has 23 heteroatoms. The molecule has 2 saturated heterocycles. The first-order valence-corrected chi connectivity index (χ1v) is 19.7. The number of nitrogens with zero attached hydrogens (tertiary/aromatic N) is 4. The number of carbonyl (C=O) groups is 2. The number of rotatable bonds is 19. The first kappa shape index (κ1) is 40.1. The summed E-state index contributed by atoms with van der Waals surface area (Å²) in [4.78, 5) is 47.4. The highest BCUT2D eigenvalue weighted by molar-refractivity contribution is 8.01. The minimum Gasteiger partial charge on any atom is -0.566 e. The van der Waals surface area contributed by atoms with E-state index in [0.29, 0.717) is 5.75 Å². The summed E-state index contributed by atoms with van der Waals surface area (Å²) in [5.41, 5.74) is 5.21. The number of nitrogen functional groups attached to an aromatic ring is 1. The maximum absolute atomic E-state index is 13.2.